The predicted molar refractivity (Wildman–Crippen MR) is 62.0 cm³/mol. The molecule has 1 N–H and O–H groups in total. The molecular weight excluding hydrogens is 243 g/mol. The van der Waals surface area contributed by atoms with E-state index in [1.165, 1.54) is 6.07 Å². The first-order valence-corrected chi connectivity index (χ1v) is 5.41. The van der Waals surface area contributed by atoms with E-state index in [1.807, 2.05) is 0 Å². The van der Waals surface area contributed by atoms with E-state index >= 15 is 0 Å². The fraction of sp³-hybridized carbons (Fsp3) is 0.333. The largest absolute Gasteiger partial charge is 0.418 e. The number of halogens is 3. The molecule has 0 bridgehead atoms. The summed E-state index contributed by atoms with van der Waals surface area (Å²) in [5.41, 5.74) is -0.207. The molecule has 18 heavy (non-hydrogen) atoms. The lowest BCUT2D eigenvalue weighted by molar-refractivity contribution is -0.136. The van der Waals surface area contributed by atoms with Crippen LogP contribution in [0.15, 0.2) is 18.2 Å². The molecule has 1 aromatic heterocycles. The van der Waals surface area contributed by atoms with Crippen LogP contribution >= 0.6 is 0 Å². The highest BCUT2D eigenvalue weighted by Crippen LogP contribution is 2.34. The Labute approximate surface area is 102 Å². The molecule has 0 spiro atoms. The van der Waals surface area contributed by atoms with Crippen molar-refractivity contribution < 1.29 is 13.2 Å². The number of nitrogens with one attached hydrogen (secondary N) is 1. The molecule has 0 saturated carbocycles. The summed E-state index contributed by atoms with van der Waals surface area (Å²) in [5, 5.41) is 3.26. The van der Waals surface area contributed by atoms with Gasteiger partial charge in [0.1, 0.15) is 5.82 Å². The van der Waals surface area contributed by atoms with Gasteiger partial charge >= 0.3 is 6.18 Å². The van der Waals surface area contributed by atoms with Crippen LogP contribution in [0.2, 0.25) is 0 Å². The lowest BCUT2D eigenvalue weighted by Gasteiger charge is -2.11. The summed E-state index contributed by atoms with van der Waals surface area (Å²) in [5.74, 6) is 0.360. The summed E-state index contributed by atoms with van der Waals surface area (Å²) >= 11 is 0. The third kappa shape index (κ3) is 2.28. The average Bonchev–Trinajstić information content (AvgIpc) is 2.27. The summed E-state index contributed by atoms with van der Waals surface area (Å²) in [6, 6.07) is 4.01. The van der Waals surface area contributed by atoms with Gasteiger partial charge in [0.2, 0.25) is 0 Å². The second kappa shape index (κ2) is 4.53. The number of para-hydroxylation sites is 1. The average molecular weight is 255 g/mol. The minimum absolute atomic E-state index is 0.0391. The van der Waals surface area contributed by atoms with E-state index in [0.29, 0.717) is 23.4 Å². The molecule has 2 aromatic rings. The van der Waals surface area contributed by atoms with Crippen LogP contribution < -0.4 is 5.32 Å². The second-order valence-electron chi connectivity index (χ2n) is 3.96. The summed E-state index contributed by atoms with van der Waals surface area (Å²) in [4.78, 5) is 8.17. The number of aryl methyl sites for hydroxylation is 1. The van der Waals surface area contributed by atoms with Gasteiger partial charge in [-0.3, -0.25) is 0 Å². The number of hydrogen-bond acceptors (Lipinski definition) is 3. The van der Waals surface area contributed by atoms with Crippen molar-refractivity contribution in [3.05, 3.63) is 35.3 Å². The Kier molecular flexibility index (Phi) is 3.21. The lowest BCUT2D eigenvalue weighted by atomic mass is 10.1. The molecule has 0 aliphatic carbocycles. The van der Waals surface area contributed by atoms with E-state index in [-0.39, 0.29) is 5.52 Å². The Morgan fingerprint density at radius 2 is 1.94 bits per heavy atom. The molecule has 0 saturated heterocycles. The van der Waals surface area contributed by atoms with E-state index in [9.17, 15) is 13.2 Å². The first kappa shape index (κ1) is 12.8. The molecule has 96 valence electrons. The van der Waals surface area contributed by atoms with Gasteiger partial charge in [0.05, 0.1) is 17.6 Å². The molecule has 0 radical (unpaired) electrons. The zero-order chi connectivity index (χ0) is 13.3. The number of fused-ring (bicyclic) bond motifs is 1. The van der Waals surface area contributed by atoms with Gasteiger partial charge in [-0.15, -0.1) is 0 Å². The maximum Gasteiger partial charge on any atom is 0.418 e. The van der Waals surface area contributed by atoms with Gasteiger partial charge in [-0.05, 0) is 20.0 Å². The van der Waals surface area contributed by atoms with Crippen molar-refractivity contribution in [3.8, 4) is 0 Å². The minimum atomic E-state index is -4.41. The van der Waals surface area contributed by atoms with Gasteiger partial charge in [0.25, 0.3) is 0 Å². The molecule has 6 heteroatoms. The summed E-state index contributed by atoms with van der Waals surface area (Å²) in [6.45, 7) is 2.02. The van der Waals surface area contributed by atoms with Crippen molar-refractivity contribution in [2.45, 2.75) is 19.6 Å². The Morgan fingerprint density at radius 1 is 1.22 bits per heavy atom. The fourth-order valence-corrected chi connectivity index (χ4v) is 1.83. The van der Waals surface area contributed by atoms with Gasteiger partial charge in [-0.2, -0.15) is 13.2 Å². The molecule has 0 unspecified atom stereocenters. The topological polar surface area (TPSA) is 37.8 Å². The lowest BCUT2D eigenvalue weighted by Crippen LogP contribution is -2.12. The maximum absolute atomic E-state index is 12.9. The Bertz CT molecular complexity index is 579. The fourth-order valence-electron chi connectivity index (χ4n) is 1.83. The third-order valence-corrected chi connectivity index (χ3v) is 2.60. The first-order chi connectivity index (χ1) is 8.43. The molecule has 2 rings (SSSR count). The quantitative estimate of drug-likeness (QED) is 0.896. The smallest absolute Gasteiger partial charge is 0.313 e. The molecule has 1 aromatic carbocycles. The van der Waals surface area contributed by atoms with Crippen LogP contribution in [-0.4, -0.2) is 17.0 Å². The van der Waals surface area contributed by atoms with E-state index < -0.39 is 11.7 Å². The van der Waals surface area contributed by atoms with E-state index in [0.717, 1.165) is 6.07 Å². The molecule has 0 amide bonds. The van der Waals surface area contributed by atoms with Crippen molar-refractivity contribution in [1.29, 1.82) is 0 Å². The zero-order valence-electron chi connectivity index (χ0n) is 9.97. The summed E-state index contributed by atoms with van der Waals surface area (Å²) in [6.07, 6.45) is -4.41. The minimum Gasteiger partial charge on any atom is -0.313 e. The molecule has 0 aliphatic heterocycles. The van der Waals surface area contributed by atoms with Crippen LogP contribution in [0, 0.1) is 6.92 Å². The number of benzene rings is 1. The third-order valence-electron chi connectivity index (χ3n) is 2.60. The molecule has 0 aliphatic rings. The van der Waals surface area contributed by atoms with E-state index in [1.54, 1.807) is 20.0 Å². The Hall–Kier alpha value is -1.69. The van der Waals surface area contributed by atoms with Crippen LogP contribution in [0.3, 0.4) is 0 Å². The molecular formula is C12H12F3N3. The number of rotatable bonds is 2. The first-order valence-electron chi connectivity index (χ1n) is 5.41. The van der Waals surface area contributed by atoms with Crippen molar-refractivity contribution >= 4 is 10.9 Å². The van der Waals surface area contributed by atoms with Crippen LogP contribution in [0.1, 0.15) is 17.1 Å². The number of alkyl halides is 3. The van der Waals surface area contributed by atoms with Crippen LogP contribution in [0.25, 0.3) is 10.9 Å². The molecule has 0 fully saturated rings. The van der Waals surface area contributed by atoms with Gasteiger partial charge in [-0.1, -0.05) is 12.1 Å². The van der Waals surface area contributed by atoms with Crippen LogP contribution in [0.4, 0.5) is 13.2 Å². The van der Waals surface area contributed by atoms with Crippen molar-refractivity contribution in [3.63, 3.8) is 0 Å². The van der Waals surface area contributed by atoms with Gasteiger partial charge in [-0.25, -0.2) is 9.97 Å². The van der Waals surface area contributed by atoms with Gasteiger partial charge in [0.15, 0.2) is 0 Å². The SMILES string of the molecule is CNCc1nc(C)c2cccc(C(F)(F)F)c2n1. The second-order valence-corrected chi connectivity index (χ2v) is 3.96. The summed E-state index contributed by atoms with van der Waals surface area (Å²) in [7, 11) is 1.69. The Morgan fingerprint density at radius 3 is 2.56 bits per heavy atom. The van der Waals surface area contributed by atoms with Crippen LogP contribution in [0.5, 0.6) is 0 Å². The van der Waals surface area contributed by atoms with E-state index in [4.69, 9.17) is 0 Å². The molecule has 3 nitrogen and oxygen atoms in total. The Balaban J connectivity index is 2.74. The maximum atomic E-state index is 12.9. The predicted octanol–water partition coefficient (Wildman–Crippen LogP) is 2.68. The van der Waals surface area contributed by atoms with Crippen molar-refractivity contribution in [2.24, 2.45) is 0 Å². The normalized spacial score (nSPS) is 12.1. The molecule has 0 atom stereocenters. The van der Waals surface area contributed by atoms with E-state index in [2.05, 4.69) is 15.3 Å². The highest BCUT2D eigenvalue weighted by Gasteiger charge is 2.33. The van der Waals surface area contributed by atoms with Gasteiger partial charge < -0.3 is 5.32 Å². The number of nitrogens with zero attached hydrogens (tertiary/aromatic N) is 2. The molecule has 1 heterocycles. The zero-order valence-corrected chi connectivity index (χ0v) is 9.97. The van der Waals surface area contributed by atoms with Gasteiger partial charge in [0, 0.05) is 11.1 Å². The number of aromatic nitrogens is 2. The highest BCUT2D eigenvalue weighted by molar-refractivity contribution is 5.84. The monoisotopic (exact) mass is 255 g/mol. The highest BCUT2D eigenvalue weighted by atomic mass is 19.4. The summed E-state index contributed by atoms with van der Waals surface area (Å²) < 4.78 is 38.7. The van der Waals surface area contributed by atoms with Crippen LogP contribution in [-0.2, 0) is 12.7 Å². The number of hydrogen-bond donors (Lipinski definition) is 1. The van der Waals surface area contributed by atoms with Crippen molar-refractivity contribution in [2.75, 3.05) is 7.05 Å². The van der Waals surface area contributed by atoms with Crippen molar-refractivity contribution in [1.82, 2.24) is 15.3 Å². The standard InChI is InChI=1S/C12H12F3N3/c1-7-8-4-3-5-9(12(13,14)15)11(8)18-10(17-7)6-16-2/h3-5,16H,6H2,1-2H3.